The Bertz CT molecular complexity index is 352. The van der Waals surface area contributed by atoms with Gasteiger partial charge >= 0.3 is 0 Å². The lowest BCUT2D eigenvalue weighted by atomic mass is 10.1. The maximum Gasteiger partial charge on any atom is 0.143 e. The fourth-order valence-electron chi connectivity index (χ4n) is 1.02. The molecule has 0 saturated heterocycles. The van der Waals surface area contributed by atoms with E-state index in [1.54, 1.807) is 6.07 Å². The number of Topliss-reactive ketones (excluding diaryl/α,β-unsaturated/α-hetero) is 1. The molecule has 1 rings (SSSR count). The Morgan fingerprint density at radius 1 is 1.57 bits per heavy atom. The largest absolute Gasteiger partial charge is 0.299 e. The molecule has 0 radical (unpaired) electrons. The van der Waals surface area contributed by atoms with Crippen LogP contribution in [-0.4, -0.2) is 10.6 Å². The highest BCUT2D eigenvalue weighted by Gasteiger charge is 2.12. The zero-order chi connectivity index (χ0) is 10.7. The van der Waals surface area contributed by atoms with E-state index in [2.05, 4.69) is 31.9 Å². The van der Waals surface area contributed by atoms with Gasteiger partial charge in [0.15, 0.2) is 0 Å². The van der Waals surface area contributed by atoms with Crippen molar-refractivity contribution in [3.8, 4) is 0 Å². The Balaban J connectivity index is 2.82. The molecule has 4 heteroatoms. The average molecular weight is 324 g/mol. The van der Waals surface area contributed by atoms with Gasteiger partial charge in [0.1, 0.15) is 11.6 Å². The van der Waals surface area contributed by atoms with Crippen molar-refractivity contribution in [3.05, 3.63) is 34.1 Å². The molecule has 0 fully saturated rings. The van der Waals surface area contributed by atoms with Crippen LogP contribution in [0.5, 0.6) is 0 Å². The summed E-state index contributed by atoms with van der Waals surface area (Å²) in [7, 11) is 0. The molecule has 1 aromatic carbocycles. The van der Waals surface area contributed by atoms with Gasteiger partial charge in [-0.3, -0.25) is 4.79 Å². The molecule has 0 bridgehead atoms. The Kier molecular flexibility index (Phi) is 4.26. The first-order valence-corrected chi connectivity index (χ1v) is 5.80. The van der Waals surface area contributed by atoms with Gasteiger partial charge < -0.3 is 0 Å². The summed E-state index contributed by atoms with van der Waals surface area (Å²) >= 11 is 6.52. The van der Waals surface area contributed by atoms with Crippen LogP contribution in [0.25, 0.3) is 0 Å². The molecule has 0 aliphatic carbocycles. The topological polar surface area (TPSA) is 17.1 Å². The number of ketones is 1. The zero-order valence-corrected chi connectivity index (χ0v) is 10.7. The lowest BCUT2D eigenvalue weighted by molar-refractivity contribution is -0.116. The van der Waals surface area contributed by atoms with E-state index >= 15 is 0 Å². The quantitative estimate of drug-likeness (QED) is 0.778. The normalized spacial score (nSPS) is 12.6. The fourth-order valence-corrected chi connectivity index (χ4v) is 1.89. The maximum absolute atomic E-state index is 12.7. The SMILES string of the molecule is CC(=O)C(Br)Cc1ccc(F)cc1Br. The molecule has 0 spiro atoms. The van der Waals surface area contributed by atoms with Gasteiger partial charge in [-0.25, -0.2) is 4.39 Å². The highest BCUT2D eigenvalue weighted by atomic mass is 79.9. The number of carbonyl (C=O) groups is 1. The Morgan fingerprint density at radius 3 is 2.71 bits per heavy atom. The number of hydrogen-bond acceptors (Lipinski definition) is 1. The van der Waals surface area contributed by atoms with Crippen molar-refractivity contribution in [1.29, 1.82) is 0 Å². The summed E-state index contributed by atoms with van der Waals surface area (Å²) in [6.45, 7) is 1.52. The number of carbonyl (C=O) groups excluding carboxylic acids is 1. The van der Waals surface area contributed by atoms with Crippen LogP contribution < -0.4 is 0 Å². The molecule has 76 valence electrons. The van der Waals surface area contributed by atoms with E-state index in [-0.39, 0.29) is 16.4 Å². The minimum absolute atomic E-state index is 0.0706. The second-order valence-corrected chi connectivity index (χ2v) is 4.98. The van der Waals surface area contributed by atoms with E-state index in [1.807, 2.05) is 0 Å². The summed E-state index contributed by atoms with van der Waals surface area (Å²) in [5.41, 5.74) is 0.920. The van der Waals surface area contributed by atoms with Crippen molar-refractivity contribution in [1.82, 2.24) is 0 Å². The third kappa shape index (κ3) is 3.17. The Labute approximate surface area is 99.0 Å². The molecule has 1 nitrogen and oxygen atoms in total. The molecule has 0 aromatic heterocycles. The van der Waals surface area contributed by atoms with E-state index < -0.39 is 0 Å². The molecule has 1 aromatic rings. The minimum atomic E-state index is -0.283. The molecule has 1 unspecified atom stereocenters. The fraction of sp³-hybridized carbons (Fsp3) is 0.300. The number of halogens is 3. The smallest absolute Gasteiger partial charge is 0.143 e. The monoisotopic (exact) mass is 322 g/mol. The van der Waals surface area contributed by atoms with Crippen LogP contribution in [0.3, 0.4) is 0 Å². The third-order valence-corrected chi connectivity index (χ3v) is 3.56. The molecule has 0 aliphatic heterocycles. The van der Waals surface area contributed by atoms with E-state index in [0.717, 1.165) is 5.56 Å². The Morgan fingerprint density at radius 2 is 2.21 bits per heavy atom. The number of alkyl halides is 1. The number of benzene rings is 1. The average Bonchev–Trinajstić information content (AvgIpc) is 2.09. The molecule has 0 saturated carbocycles. The van der Waals surface area contributed by atoms with Gasteiger partial charge in [0, 0.05) is 4.47 Å². The van der Waals surface area contributed by atoms with Crippen LogP contribution in [0, 0.1) is 5.82 Å². The van der Waals surface area contributed by atoms with Gasteiger partial charge in [-0.15, -0.1) is 0 Å². The molecule has 0 aliphatic rings. The highest BCUT2D eigenvalue weighted by molar-refractivity contribution is 9.10. The third-order valence-electron chi connectivity index (χ3n) is 1.86. The van der Waals surface area contributed by atoms with Gasteiger partial charge in [-0.2, -0.15) is 0 Å². The lowest BCUT2D eigenvalue weighted by Crippen LogP contribution is -2.12. The molecule has 1 atom stereocenters. The molecular formula is C10H9Br2FO. The predicted octanol–water partition coefficient (Wildman–Crippen LogP) is 3.48. The first-order chi connectivity index (χ1) is 6.50. The number of rotatable bonds is 3. The first-order valence-electron chi connectivity index (χ1n) is 4.09. The lowest BCUT2D eigenvalue weighted by Gasteiger charge is -2.07. The van der Waals surface area contributed by atoms with Crippen LogP contribution in [0.15, 0.2) is 22.7 Å². The maximum atomic E-state index is 12.7. The Hall–Kier alpha value is -0.220. The van der Waals surface area contributed by atoms with Gasteiger partial charge in [0.05, 0.1) is 4.83 Å². The van der Waals surface area contributed by atoms with Crippen LogP contribution in [-0.2, 0) is 11.2 Å². The van der Waals surface area contributed by atoms with E-state index in [1.165, 1.54) is 19.1 Å². The van der Waals surface area contributed by atoms with Gasteiger partial charge in [-0.1, -0.05) is 37.9 Å². The van der Waals surface area contributed by atoms with Crippen molar-refractivity contribution in [2.45, 2.75) is 18.2 Å². The minimum Gasteiger partial charge on any atom is -0.299 e. The van der Waals surface area contributed by atoms with Crippen LogP contribution in [0.1, 0.15) is 12.5 Å². The molecule has 0 N–H and O–H groups in total. The second kappa shape index (κ2) is 5.03. The van der Waals surface area contributed by atoms with Crippen LogP contribution >= 0.6 is 31.9 Å². The van der Waals surface area contributed by atoms with Crippen molar-refractivity contribution in [3.63, 3.8) is 0 Å². The molecule has 14 heavy (non-hydrogen) atoms. The standard InChI is InChI=1S/C10H9Br2FO/c1-6(14)9(11)4-7-2-3-8(13)5-10(7)12/h2-3,5,9H,4H2,1H3. The van der Waals surface area contributed by atoms with Crippen molar-refractivity contribution in [2.75, 3.05) is 0 Å². The second-order valence-electron chi connectivity index (χ2n) is 3.02. The highest BCUT2D eigenvalue weighted by Crippen LogP contribution is 2.21. The summed E-state index contributed by atoms with van der Waals surface area (Å²) < 4.78 is 13.4. The number of hydrogen-bond donors (Lipinski definition) is 0. The van der Waals surface area contributed by atoms with Gasteiger partial charge in [0.2, 0.25) is 0 Å². The summed E-state index contributed by atoms with van der Waals surface area (Å²) in [5, 5.41) is 0. The summed E-state index contributed by atoms with van der Waals surface area (Å²) in [4.78, 5) is 10.8. The summed E-state index contributed by atoms with van der Waals surface area (Å²) in [5.74, 6) is -0.212. The van der Waals surface area contributed by atoms with E-state index in [4.69, 9.17) is 0 Å². The van der Waals surface area contributed by atoms with Crippen molar-refractivity contribution in [2.24, 2.45) is 0 Å². The predicted molar refractivity (Wildman–Crippen MR) is 61.2 cm³/mol. The molecule has 0 heterocycles. The van der Waals surface area contributed by atoms with Crippen LogP contribution in [0.4, 0.5) is 4.39 Å². The molecular weight excluding hydrogens is 315 g/mol. The van der Waals surface area contributed by atoms with Gasteiger partial charge in [-0.05, 0) is 31.0 Å². The van der Waals surface area contributed by atoms with E-state index in [9.17, 15) is 9.18 Å². The van der Waals surface area contributed by atoms with Gasteiger partial charge in [0.25, 0.3) is 0 Å². The van der Waals surface area contributed by atoms with Crippen LogP contribution in [0.2, 0.25) is 0 Å². The van der Waals surface area contributed by atoms with E-state index in [0.29, 0.717) is 10.9 Å². The first kappa shape index (κ1) is 11.9. The molecule has 0 amide bonds. The summed E-state index contributed by atoms with van der Waals surface area (Å²) in [6.07, 6.45) is 0.566. The van der Waals surface area contributed by atoms with Crippen molar-refractivity contribution >= 4 is 37.6 Å². The zero-order valence-electron chi connectivity index (χ0n) is 7.56. The van der Waals surface area contributed by atoms with Crippen molar-refractivity contribution < 1.29 is 9.18 Å². The summed E-state index contributed by atoms with van der Waals surface area (Å²) in [6, 6.07) is 4.46.